The number of hydrogen-bond donors (Lipinski definition) is 3. The average molecular weight is 190 g/mol. The van der Waals surface area contributed by atoms with E-state index >= 15 is 0 Å². The molecule has 0 spiro atoms. The van der Waals surface area contributed by atoms with Crippen LogP contribution in [0.4, 0.5) is 0 Å². The quantitative estimate of drug-likeness (QED) is 0.565. The first-order valence-electron chi connectivity index (χ1n) is 3.99. The average Bonchev–Trinajstić information content (AvgIpc) is 1.81. The number of hydrogen-bond acceptors (Lipinski definition) is 3. The summed E-state index contributed by atoms with van der Waals surface area (Å²) in [5, 5.41) is 26.1. The highest BCUT2D eigenvalue weighted by molar-refractivity contribution is 5.68. The van der Waals surface area contributed by atoms with E-state index in [9.17, 15) is 14.7 Å². The zero-order valence-electron chi connectivity index (χ0n) is 7.49. The molecule has 0 bridgehead atoms. The van der Waals surface area contributed by atoms with Crippen molar-refractivity contribution in [3.05, 3.63) is 0 Å². The van der Waals surface area contributed by atoms with Crippen molar-refractivity contribution >= 4 is 11.9 Å². The van der Waals surface area contributed by atoms with Gasteiger partial charge in [0.1, 0.15) is 0 Å². The molecule has 0 saturated carbocycles. The fourth-order valence-corrected chi connectivity index (χ4v) is 1.03. The minimum Gasteiger partial charge on any atom is -0.481 e. The molecule has 13 heavy (non-hydrogen) atoms. The van der Waals surface area contributed by atoms with Gasteiger partial charge in [-0.1, -0.05) is 0 Å². The Morgan fingerprint density at radius 2 is 1.77 bits per heavy atom. The number of carbonyl (C=O) groups is 2. The molecule has 1 atom stereocenters. The summed E-state index contributed by atoms with van der Waals surface area (Å²) in [6.45, 7) is 1.39. The Kier molecular flexibility index (Phi) is 4.40. The van der Waals surface area contributed by atoms with Gasteiger partial charge < -0.3 is 15.3 Å². The van der Waals surface area contributed by atoms with Gasteiger partial charge in [-0.2, -0.15) is 0 Å². The van der Waals surface area contributed by atoms with Crippen molar-refractivity contribution < 1.29 is 24.9 Å². The van der Waals surface area contributed by atoms with Crippen LogP contribution in [0.1, 0.15) is 32.6 Å². The predicted octanol–water partition coefficient (Wildman–Crippen LogP) is 0.467. The Morgan fingerprint density at radius 1 is 1.23 bits per heavy atom. The Bertz CT molecular complexity index is 197. The molecule has 0 aromatic carbocycles. The van der Waals surface area contributed by atoms with E-state index in [2.05, 4.69) is 0 Å². The summed E-state index contributed by atoms with van der Waals surface area (Å²) < 4.78 is 0. The largest absolute Gasteiger partial charge is 0.481 e. The lowest BCUT2D eigenvalue weighted by molar-refractivity contribution is -0.142. The van der Waals surface area contributed by atoms with Crippen molar-refractivity contribution in [1.82, 2.24) is 0 Å². The lowest BCUT2D eigenvalue weighted by Gasteiger charge is -2.20. The molecule has 0 saturated heterocycles. The highest BCUT2D eigenvalue weighted by atomic mass is 16.4. The predicted molar refractivity (Wildman–Crippen MR) is 44.4 cm³/mol. The monoisotopic (exact) mass is 190 g/mol. The zero-order chi connectivity index (χ0) is 10.5. The van der Waals surface area contributed by atoms with Crippen LogP contribution in [0.2, 0.25) is 0 Å². The summed E-state index contributed by atoms with van der Waals surface area (Å²) in [7, 11) is 0. The van der Waals surface area contributed by atoms with E-state index < -0.39 is 17.5 Å². The SMILES string of the molecule is CC(O)(CCCC(=O)O)CC(=O)O. The van der Waals surface area contributed by atoms with Gasteiger partial charge in [-0.25, -0.2) is 0 Å². The second-order valence-corrected chi connectivity index (χ2v) is 3.31. The van der Waals surface area contributed by atoms with Gasteiger partial charge in [0.25, 0.3) is 0 Å². The van der Waals surface area contributed by atoms with E-state index in [1.807, 2.05) is 0 Å². The molecule has 0 rings (SSSR count). The first-order valence-corrected chi connectivity index (χ1v) is 3.99. The van der Waals surface area contributed by atoms with Gasteiger partial charge in [0.05, 0.1) is 12.0 Å². The molecule has 0 fully saturated rings. The summed E-state index contributed by atoms with van der Waals surface area (Å²) in [5.74, 6) is -2.02. The van der Waals surface area contributed by atoms with E-state index in [0.717, 1.165) is 0 Å². The van der Waals surface area contributed by atoms with Crippen LogP contribution in [0.3, 0.4) is 0 Å². The molecule has 0 aromatic heterocycles. The first-order chi connectivity index (χ1) is 5.83. The normalized spacial score (nSPS) is 14.9. The molecule has 5 heteroatoms. The van der Waals surface area contributed by atoms with Crippen LogP contribution >= 0.6 is 0 Å². The van der Waals surface area contributed by atoms with E-state index in [4.69, 9.17) is 10.2 Å². The van der Waals surface area contributed by atoms with Crippen molar-refractivity contribution in [3.63, 3.8) is 0 Å². The molecule has 1 unspecified atom stereocenters. The standard InChI is InChI=1S/C8H14O5/c1-8(13,5-7(11)12)4-2-3-6(9)10/h13H,2-5H2,1H3,(H,9,10)(H,11,12). The third-order valence-electron chi connectivity index (χ3n) is 1.64. The summed E-state index contributed by atoms with van der Waals surface area (Å²) in [5.41, 5.74) is -1.30. The Balaban J connectivity index is 3.75. The lowest BCUT2D eigenvalue weighted by Crippen LogP contribution is -2.27. The maximum Gasteiger partial charge on any atom is 0.306 e. The maximum absolute atomic E-state index is 10.2. The molecule has 0 aliphatic carbocycles. The van der Waals surface area contributed by atoms with E-state index in [1.165, 1.54) is 6.92 Å². The molecule has 5 nitrogen and oxygen atoms in total. The third kappa shape index (κ3) is 7.27. The smallest absolute Gasteiger partial charge is 0.306 e. The molecule has 76 valence electrons. The van der Waals surface area contributed by atoms with E-state index in [1.54, 1.807) is 0 Å². The van der Waals surface area contributed by atoms with Crippen molar-refractivity contribution in [2.24, 2.45) is 0 Å². The van der Waals surface area contributed by atoms with Crippen molar-refractivity contribution in [2.45, 2.75) is 38.2 Å². The van der Waals surface area contributed by atoms with Crippen LogP contribution in [0.25, 0.3) is 0 Å². The summed E-state index contributed by atoms with van der Waals surface area (Å²) in [4.78, 5) is 20.3. The summed E-state index contributed by atoms with van der Waals surface area (Å²) >= 11 is 0. The van der Waals surface area contributed by atoms with Gasteiger partial charge in [0, 0.05) is 6.42 Å². The van der Waals surface area contributed by atoms with Gasteiger partial charge in [0.15, 0.2) is 0 Å². The maximum atomic E-state index is 10.2. The van der Waals surface area contributed by atoms with Crippen molar-refractivity contribution in [3.8, 4) is 0 Å². The topological polar surface area (TPSA) is 94.8 Å². The van der Waals surface area contributed by atoms with Gasteiger partial charge >= 0.3 is 11.9 Å². The van der Waals surface area contributed by atoms with Crippen molar-refractivity contribution in [2.75, 3.05) is 0 Å². The van der Waals surface area contributed by atoms with Gasteiger partial charge in [-0.15, -0.1) is 0 Å². The summed E-state index contributed by atoms with van der Waals surface area (Å²) in [6, 6.07) is 0. The Labute approximate surface area is 76.0 Å². The van der Waals surface area contributed by atoms with Crippen LogP contribution in [0.15, 0.2) is 0 Å². The van der Waals surface area contributed by atoms with Gasteiger partial charge in [-0.05, 0) is 19.8 Å². The molecule has 0 amide bonds. The van der Waals surface area contributed by atoms with Gasteiger partial charge in [0.2, 0.25) is 0 Å². The van der Waals surface area contributed by atoms with Crippen LogP contribution in [0.5, 0.6) is 0 Å². The Morgan fingerprint density at radius 3 is 2.15 bits per heavy atom. The highest BCUT2D eigenvalue weighted by Crippen LogP contribution is 2.17. The van der Waals surface area contributed by atoms with E-state index in [-0.39, 0.29) is 25.7 Å². The number of carboxylic acid groups (broad SMARTS) is 2. The second kappa shape index (κ2) is 4.81. The minimum absolute atomic E-state index is 0.0459. The number of aliphatic hydroxyl groups is 1. The van der Waals surface area contributed by atoms with Crippen LogP contribution in [0, 0.1) is 0 Å². The molecule has 0 heterocycles. The minimum atomic E-state index is -1.30. The molecular formula is C8H14O5. The number of rotatable bonds is 6. The molecule has 0 aliphatic rings. The molecule has 3 N–H and O–H groups in total. The van der Waals surface area contributed by atoms with Crippen LogP contribution < -0.4 is 0 Å². The fraction of sp³-hybridized carbons (Fsp3) is 0.750. The molecule has 0 aromatic rings. The second-order valence-electron chi connectivity index (χ2n) is 3.31. The molecule has 0 aliphatic heterocycles. The van der Waals surface area contributed by atoms with Crippen LogP contribution in [-0.2, 0) is 9.59 Å². The molecular weight excluding hydrogens is 176 g/mol. The number of carboxylic acids is 2. The summed E-state index contributed by atoms with van der Waals surface area (Å²) in [6.07, 6.45) is 0.0730. The zero-order valence-corrected chi connectivity index (χ0v) is 7.49. The highest BCUT2D eigenvalue weighted by Gasteiger charge is 2.23. The lowest BCUT2D eigenvalue weighted by atomic mass is 9.95. The van der Waals surface area contributed by atoms with Gasteiger partial charge in [-0.3, -0.25) is 9.59 Å². The Hall–Kier alpha value is -1.10. The third-order valence-corrected chi connectivity index (χ3v) is 1.64. The number of aliphatic carboxylic acids is 2. The van der Waals surface area contributed by atoms with E-state index in [0.29, 0.717) is 0 Å². The van der Waals surface area contributed by atoms with Crippen LogP contribution in [-0.4, -0.2) is 32.9 Å². The van der Waals surface area contributed by atoms with Crippen molar-refractivity contribution in [1.29, 1.82) is 0 Å². The fourth-order valence-electron chi connectivity index (χ4n) is 1.03. The first kappa shape index (κ1) is 11.9. The molecule has 0 radical (unpaired) electrons.